The number of ether oxygens (including phenoxy) is 1. The van der Waals surface area contributed by atoms with Gasteiger partial charge in [0.15, 0.2) is 0 Å². The number of benzene rings is 1. The largest absolute Gasteiger partial charge is 0.493 e. The van der Waals surface area contributed by atoms with Crippen molar-refractivity contribution in [1.29, 1.82) is 5.41 Å². The molecular formula is C10H15ClN2O. The van der Waals surface area contributed by atoms with E-state index in [0.717, 1.165) is 6.42 Å². The third-order valence-corrected chi connectivity index (χ3v) is 1.64. The Labute approximate surface area is 90.2 Å². The molecule has 1 aromatic carbocycles. The van der Waals surface area contributed by atoms with Gasteiger partial charge < -0.3 is 10.5 Å². The van der Waals surface area contributed by atoms with Crippen LogP contribution in [0.3, 0.4) is 0 Å². The summed E-state index contributed by atoms with van der Waals surface area (Å²) in [5.41, 5.74) is 6.05. The number of hydrogen-bond donors (Lipinski definition) is 2. The summed E-state index contributed by atoms with van der Waals surface area (Å²) in [7, 11) is 0. The van der Waals surface area contributed by atoms with E-state index in [-0.39, 0.29) is 18.2 Å². The van der Waals surface area contributed by atoms with E-state index in [1.54, 1.807) is 6.07 Å². The lowest BCUT2D eigenvalue weighted by Gasteiger charge is -2.08. The van der Waals surface area contributed by atoms with E-state index in [9.17, 15) is 0 Å². The molecule has 0 aliphatic heterocycles. The molecule has 0 unspecified atom stereocenters. The normalized spacial score (nSPS) is 8.93. The Kier molecular flexibility index (Phi) is 5.72. The van der Waals surface area contributed by atoms with Gasteiger partial charge >= 0.3 is 0 Å². The topological polar surface area (TPSA) is 59.1 Å². The Balaban J connectivity index is 0.00000169. The van der Waals surface area contributed by atoms with Crippen LogP contribution in [0, 0.1) is 5.41 Å². The predicted octanol–water partition coefficient (Wildman–Crippen LogP) is 2.18. The molecule has 1 aromatic rings. The van der Waals surface area contributed by atoms with Gasteiger partial charge in [-0.25, -0.2) is 0 Å². The fraction of sp³-hybridized carbons (Fsp3) is 0.300. The molecule has 0 saturated heterocycles. The Morgan fingerprint density at radius 3 is 2.64 bits per heavy atom. The highest BCUT2D eigenvalue weighted by molar-refractivity contribution is 5.97. The van der Waals surface area contributed by atoms with E-state index in [4.69, 9.17) is 15.9 Å². The van der Waals surface area contributed by atoms with Gasteiger partial charge in [0, 0.05) is 0 Å². The van der Waals surface area contributed by atoms with Crippen LogP contribution >= 0.6 is 12.4 Å². The predicted molar refractivity (Wildman–Crippen MR) is 60.5 cm³/mol. The van der Waals surface area contributed by atoms with Gasteiger partial charge in [0.2, 0.25) is 0 Å². The van der Waals surface area contributed by atoms with Gasteiger partial charge in [-0.3, -0.25) is 5.41 Å². The van der Waals surface area contributed by atoms with E-state index >= 15 is 0 Å². The monoisotopic (exact) mass is 214 g/mol. The Morgan fingerprint density at radius 2 is 2.07 bits per heavy atom. The summed E-state index contributed by atoms with van der Waals surface area (Å²) in [6, 6.07) is 7.33. The van der Waals surface area contributed by atoms with Gasteiger partial charge in [0.1, 0.15) is 11.6 Å². The first-order chi connectivity index (χ1) is 6.25. The number of amidine groups is 1. The van der Waals surface area contributed by atoms with E-state index in [1.165, 1.54) is 0 Å². The zero-order valence-electron chi connectivity index (χ0n) is 8.12. The summed E-state index contributed by atoms with van der Waals surface area (Å²) in [5.74, 6) is 0.739. The van der Waals surface area contributed by atoms with Crippen LogP contribution in [-0.2, 0) is 0 Å². The van der Waals surface area contributed by atoms with Gasteiger partial charge in [-0.1, -0.05) is 19.1 Å². The molecule has 0 saturated carbocycles. The Morgan fingerprint density at radius 1 is 1.43 bits per heavy atom. The van der Waals surface area contributed by atoms with Crippen LogP contribution < -0.4 is 10.5 Å². The number of rotatable bonds is 4. The van der Waals surface area contributed by atoms with Gasteiger partial charge in [-0.15, -0.1) is 12.4 Å². The second-order valence-corrected chi connectivity index (χ2v) is 2.76. The highest BCUT2D eigenvalue weighted by Gasteiger charge is 2.03. The molecule has 0 radical (unpaired) electrons. The number of nitrogens with two attached hydrogens (primary N) is 1. The van der Waals surface area contributed by atoms with Crippen molar-refractivity contribution in [3.63, 3.8) is 0 Å². The fourth-order valence-corrected chi connectivity index (χ4v) is 1.03. The number of para-hydroxylation sites is 1. The maximum atomic E-state index is 7.31. The van der Waals surface area contributed by atoms with Crippen molar-refractivity contribution in [3.05, 3.63) is 29.8 Å². The molecule has 0 spiro atoms. The summed E-state index contributed by atoms with van der Waals surface area (Å²) in [5, 5.41) is 7.31. The molecule has 0 heterocycles. The number of nitrogen functional groups attached to an aromatic ring is 1. The molecular weight excluding hydrogens is 200 g/mol. The first kappa shape index (κ1) is 12.8. The van der Waals surface area contributed by atoms with Crippen molar-refractivity contribution in [2.45, 2.75) is 13.3 Å². The lowest BCUT2D eigenvalue weighted by atomic mass is 10.2. The molecule has 0 atom stereocenters. The first-order valence-corrected chi connectivity index (χ1v) is 4.32. The molecule has 0 aliphatic rings. The van der Waals surface area contributed by atoms with Crippen LogP contribution in [0.1, 0.15) is 18.9 Å². The van der Waals surface area contributed by atoms with E-state index in [0.29, 0.717) is 17.9 Å². The first-order valence-electron chi connectivity index (χ1n) is 4.32. The highest BCUT2D eigenvalue weighted by atomic mass is 35.5. The summed E-state index contributed by atoms with van der Waals surface area (Å²) in [6.45, 7) is 2.70. The number of halogens is 1. The molecule has 3 nitrogen and oxygen atoms in total. The summed E-state index contributed by atoms with van der Waals surface area (Å²) in [4.78, 5) is 0. The summed E-state index contributed by atoms with van der Waals surface area (Å²) in [6.07, 6.45) is 0.951. The van der Waals surface area contributed by atoms with Gasteiger partial charge in [0.05, 0.1) is 12.2 Å². The van der Waals surface area contributed by atoms with Crippen LogP contribution in [0.2, 0.25) is 0 Å². The third-order valence-electron chi connectivity index (χ3n) is 1.64. The second-order valence-electron chi connectivity index (χ2n) is 2.76. The summed E-state index contributed by atoms with van der Waals surface area (Å²) >= 11 is 0. The average Bonchev–Trinajstić information content (AvgIpc) is 2.15. The summed E-state index contributed by atoms with van der Waals surface area (Å²) < 4.78 is 5.43. The quantitative estimate of drug-likeness (QED) is 0.596. The maximum absolute atomic E-state index is 7.31. The van der Waals surface area contributed by atoms with Crippen molar-refractivity contribution in [2.75, 3.05) is 6.61 Å². The molecule has 14 heavy (non-hydrogen) atoms. The van der Waals surface area contributed by atoms with Crippen LogP contribution in [-0.4, -0.2) is 12.4 Å². The zero-order valence-corrected chi connectivity index (χ0v) is 8.93. The third kappa shape index (κ3) is 3.26. The lowest BCUT2D eigenvalue weighted by Crippen LogP contribution is -2.13. The van der Waals surface area contributed by atoms with Crippen LogP contribution in [0.4, 0.5) is 0 Å². The molecule has 78 valence electrons. The highest BCUT2D eigenvalue weighted by Crippen LogP contribution is 2.16. The minimum atomic E-state index is 0. The van der Waals surface area contributed by atoms with Crippen molar-refractivity contribution in [2.24, 2.45) is 5.73 Å². The molecule has 0 aliphatic carbocycles. The van der Waals surface area contributed by atoms with Crippen LogP contribution in [0.5, 0.6) is 5.75 Å². The molecule has 1 rings (SSSR count). The van der Waals surface area contributed by atoms with Crippen molar-refractivity contribution >= 4 is 18.2 Å². The smallest absolute Gasteiger partial charge is 0.130 e. The zero-order chi connectivity index (χ0) is 9.68. The minimum Gasteiger partial charge on any atom is -0.493 e. The van der Waals surface area contributed by atoms with E-state index in [2.05, 4.69) is 0 Å². The average molecular weight is 215 g/mol. The van der Waals surface area contributed by atoms with Crippen LogP contribution in [0.25, 0.3) is 0 Å². The molecule has 0 bridgehead atoms. The van der Waals surface area contributed by atoms with Gasteiger partial charge in [0.25, 0.3) is 0 Å². The minimum absolute atomic E-state index is 0. The molecule has 4 heteroatoms. The number of nitrogens with one attached hydrogen (secondary N) is 1. The van der Waals surface area contributed by atoms with E-state index in [1.807, 2.05) is 25.1 Å². The van der Waals surface area contributed by atoms with Crippen LogP contribution in [0.15, 0.2) is 24.3 Å². The molecule has 0 fully saturated rings. The number of hydrogen-bond acceptors (Lipinski definition) is 2. The molecule has 0 aromatic heterocycles. The Hall–Kier alpha value is -1.22. The second kappa shape index (κ2) is 6.27. The SMILES string of the molecule is CCCOc1ccccc1C(=N)N.Cl. The Bertz CT molecular complexity index is 302. The van der Waals surface area contributed by atoms with Crippen molar-refractivity contribution in [1.82, 2.24) is 0 Å². The van der Waals surface area contributed by atoms with Crippen molar-refractivity contribution in [3.8, 4) is 5.75 Å². The lowest BCUT2D eigenvalue weighted by molar-refractivity contribution is 0.317. The standard InChI is InChI=1S/C10H14N2O.ClH/c1-2-7-13-9-6-4-3-5-8(9)10(11)12;/h3-6H,2,7H2,1H3,(H3,11,12);1H. The fourth-order valence-electron chi connectivity index (χ4n) is 1.03. The van der Waals surface area contributed by atoms with E-state index < -0.39 is 0 Å². The van der Waals surface area contributed by atoms with Gasteiger partial charge in [-0.05, 0) is 18.6 Å². The molecule has 3 N–H and O–H groups in total. The maximum Gasteiger partial charge on any atom is 0.130 e. The van der Waals surface area contributed by atoms with Crippen molar-refractivity contribution < 1.29 is 4.74 Å². The molecule has 0 amide bonds. The van der Waals surface area contributed by atoms with Gasteiger partial charge in [-0.2, -0.15) is 0 Å².